The largest absolute Gasteiger partial charge is 0.354 e. The van der Waals surface area contributed by atoms with Crippen LogP contribution in [0.4, 0.5) is 32.3 Å². The summed E-state index contributed by atoms with van der Waals surface area (Å²) >= 11 is 6.11. The summed E-state index contributed by atoms with van der Waals surface area (Å²) in [6.45, 7) is 5.84. The van der Waals surface area contributed by atoms with Gasteiger partial charge < -0.3 is 20.9 Å². The number of aliphatic imine (C=N–C) groups is 1. The van der Waals surface area contributed by atoms with Crippen molar-refractivity contribution in [2.24, 2.45) is 4.99 Å². The van der Waals surface area contributed by atoms with Crippen molar-refractivity contribution in [1.82, 2.24) is 9.97 Å². The fourth-order valence-electron chi connectivity index (χ4n) is 4.14. The molecule has 0 unspecified atom stereocenters. The molecular formula is C25H23ClFN7O. The van der Waals surface area contributed by atoms with Gasteiger partial charge >= 0.3 is 6.03 Å². The highest BCUT2D eigenvalue weighted by Gasteiger charge is 2.31. The van der Waals surface area contributed by atoms with Crippen LogP contribution in [-0.4, -0.2) is 41.5 Å². The molecule has 10 heteroatoms. The van der Waals surface area contributed by atoms with E-state index in [1.807, 2.05) is 24.8 Å². The fourth-order valence-corrected chi connectivity index (χ4v) is 4.33. The molecule has 3 heterocycles. The maximum Gasteiger partial charge on any atom is 0.323 e. The van der Waals surface area contributed by atoms with E-state index in [9.17, 15) is 9.18 Å². The van der Waals surface area contributed by atoms with E-state index in [0.717, 1.165) is 34.9 Å². The van der Waals surface area contributed by atoms with Gasteiger partial charge in [-0.3, -0.25) is 4.99 Å². The van der Waals surface area contributed by atoms with Crippen molar-refractivity contribution in [1.29, 1.82) is 0 Å². The van der Waals surface area contributed by atoms with Crippen molar-refractivity contribution in [2.45, 2.75) is 13.8 Å². The summed E-state index contributed by atoms with van der Waals surface area (Å²) in [6, 6.07) is 9.27. The molecule has 2 amide bonds. The van der Waals surface area contributed by atoms with E-state index in [2.05, 4.69) is 25.9 Å². The first-order valence-corrected chi connectivity index (χ1v) is 11.6. The molecule has 8 nitrogen and oxygen atoms in total. The highest BCUT2D eigenvalue weighted by Crippen LogP contribution is 2.37. The maximum atomic E-state index is 14.8. The summed E-state index contributed by atoms with van der Waals surface area (Å²) in [5.74, 6) is 1.57. The highest BCUT2D eigenvalue weighted by atomic mass is 35.5. The Kier molecular flexibility index (Phi) is 6.08. The second-order valence-corrected chi connectivity index (χ2v) is 8.53. The molecular weight excluding hydrogens is 469 g/mol. The second-order valence-electron chi connectivity index (χ2n) is 8.12. The first kappa shape index (κ1) is 22.8. The number of aryl methyl sites for hydroxylation is 1. The van der Waals surface area contributed by atoms with Gasteiger partial charge in [0.05, 0.1) is 22.9 Å². The molecule has 3 N–H and O–H groups in total. The number of urea groups is 1. The predicted molar refractivity (Wildman–Crippen MR) is 139 cm³/mol. The number of aromatic nitrogens is 2. The van der Waals surface area contributed by atoms with E-state index in [1.54, 1.807) is 36.5 Å². The Labute approximate surface area is 207 Å². The van der Waals surface area contributed by atoms with Crippen LogP contribution in [0.25, 0.3) is 11.6 Å². The smallest absolute Gasteiger partial charge is 0.323 e. The van der Waals surface area contributed by atoms with Gasteiger partial charge in [0.15, 0.2) is 0 Å². The van der Waals surface area contributed by atoms with Gasteiger partial charge in [-0.1, -0.05) is 23.7 Å². The van der Waals surface area contributed by atoms with Crippen LogP contribution in [0.5, 0.6) is 0 Å². The van der Waals surface area contributed by atoms with Gasteiger partial charge in [-0.2, -0.15) is 4.98 Å². The minimum Gasteiger partial charge on any atom is -0.354 e. The van der Waals surface area contributed by atoms with Gasteiger partial charge in [-0.05, 0) is 55.3 Å². The first-order valence-electron chi connectivity index (χ1n) is 11.2. The summed E-state index contributed by atoms with van der Waals surface area (Å²) in [5.41, 5.74) is 3.61. The van der Waals surface area contributed by atoms with Crippen LogP contribution in [0.15, 0.2) is 47.6 Å². The van der Waals surface area contributed by atoms with E-state index >= 15 is 0 Å². The Morgan fingerprint density at radius 2 is 2.00 bits per heavy atom. The number of nitrogens with zero attached hydrogens (tertiary/aromatic N) is 4. The molecule has 1 aromatic heterocycles. The minimum atomic E-state index is -0.598. The third kappa shape index (κ3) is 4.42. The molecule has 0 radical (unpaired) electrons. The topological polar surface area (TPSA) is 94.5 Å². The number of amides is 2. The van der Waals surface area contributed by atoms with Crippen molar-refractivity contribution in [3.05, 3.63) is 70.1 Å². The number of fused-ring (bicyclic) bond motifs is 3. The predicted octanol–water partition coefficient (Wildman–Crippen LogP) is 5.43. The molecule has 0 aliphatic carbocycles. The zero-order chi connectivity index (χ0) is 24.5. The van der Waals surface area contributed by atoms with E-state index in [-0.39, 0.29) is 5.69 Å². The zero-order valence-electron chi connectivity index (χ0n) is 19.2. The molecule has 0 atom stereocenters. The maximum absolute atomic E-state index is 14.8. The average Bonchev–Trinajstić information content (AvgIpc) is 3.33. The number of hydrogen-bond donors (Lipinski definition) is 3. The number of hydrogen-bond acceptors (Lipinski definition) is 6. The van der Waals surface area contributed by atoms with Gasteiger partial charge in [0.1, 0.15) is 17.5 Å². The van der Waals surface area contributed by atoms with Gasteiger partial charge in [0, 0.05) is 30.4 Å². The quantitative estimate of drug-likeness (QED) is 0.442. The Balaban J connectivity index is 1.49. The van der Waals surface area contributed by atoms with Crippen LogP contribution in [0.2, 0.25) is 5.02 Å². The van der Waals surface area contributed by atoms with Crippen LogP contribution in [0.3, 0.4) is 0 Å². The summed E-state index contributed by atoms with van der Waals surface area (Å²) in [7, 11) is 0. The molecule has 0 saturated heterocycles. The summed E-state index contributed by atoms with van der Waals surface area (Å²) in [5, 5.41) is 8.77. The number of nitrogens with one attached hydrogen (secondary N) is 3. The molecule has 2 aliphatic heterocycles. The lowest BCUT2D eigenvalue weighted by Crippen LogP contribution is -2.32. The molecule has 3 aromatic rings. The average molecular weight is 492 g/mol. The zero-order valence-corrected chi connectivity index (χ0v) is 19.9. The molecule has 0 spiro atoms. The van der Waals surface area contributed by atoms with E-state index in [0.29, 0.717) is 35.3 Å². The molecule has 0 saturated carbocycles. The van der Waals surface area contributed by atoms with Crippen LogP contribution in [-0.2, 0) is 0 Å². The van der Waals surface area contributed by atoms with Crippen molar-refractivity contribution < 1.29 is 9.18 Å². The summed E-state index contributed by atoms with van der Waals surface area (Å²) in [6.07, 6.45) is 3.73. The lowest BCUT2D eigenvalue weighted by molar-refractivity contribution is 0.262. The van der Waals surface area contributed by atoms with Gasteiger partial charge in [0.25, 0.3) is 0 Å². The SMILES string of the molecule is CCNc1ncc2c(n1)N1CCN=C1C(c1cc(NC(=O)Nc3ccccc3Cl)c(F)cc1C)=C2. The van der Waals surface area contributed by atoms with Crippen molar-refractivity contribution in [3.8, 4) is 0 Å². The van der Waals surface area contributed by atoms with Gasteiger partial charge in [-0.15, -0.1) is 0 Å². The normalized spacial score (nSPS) is 14.0. The van der Waals surface area contributed by atoms with Crippen molar-refractivity contribution >= 4 is 58.3 Å². The lowest BCUT2D eigenvalue weighted by Gasteiger charge is -2.28. The molecule has 2 aliphatic rings. The molecule has 2 aromatic carbocycles. The number of carbonyl (C=O) groups is 1. The van der Waals surface area contributed by atoms with Crippen LogP contribution < -0.4 is 20.9 Å². The standard InChI is InChI=1S/C25H23ClFN7O/c1-3-28-24-30-13-15-11-17(23-29-8-9-34(23)22(15)33-24)16-12-21(19(27)10-14(16)2)32-25(35)31-20-7-5-4-6-18(20)26/h4-7,10-13H,3,8-9H2,1-2H3,(H,28,30,33)(H2,31,32,35). The Morgan fingerprint density at radius 3 is 2.80 bits per heavy atom. The highest BCUT2D eigenvalue weighted by molar-refractivity contribution is 6.36. The fraction of sp³-hybridized carbons (Fsp3) is 0.200. The number of anilines is 4. The minimum absolute atomic E-state index is 0.0470. The number of rotatable bonds is 5. The van der Waals surface area contributed by atoms with Crippen molar-refractivity contribution in [2.75, 3.05) is 40.5 Å². The molecule has 35 heavy (non-hydrogen) atoms. The number of halogens is 2. The van der Waals surface area contributed by atoms with Gasteiger partial charge in [0.2, 0.25) is 5.95 Å². The number of carbonyl (C=O) groups excluding carboxylic acids is 1. The summed E-state index contributed by atoms with van der Waals surface area (Å²) < 4.78 is 14.8. The second kappa shape index (κ2) is 9.34. The number of benzene rings is 2. The number of para-hydroxylation sites is 1. The van der Waals surface area contributed by atoms with E-state index in [4.69, 9.17) is 16.6 Å². The third-order valence-corrected chi connectivity index (χ3v) is 6.07. The Hall–Kier alpha value is -3.98. The van der Waals surface area contributed by atoms with Gasteiger partial charge in [-0.25, -0.2) is 14.2 Å². The molecule has 5 rings (SSSR count). The summed E-state index contributed by atoms with van der Waals surface area (Å²) in [4.78, 5) is 28.4. The van der Waals surface area contributed by atoms with Crippen LogP contribution >= 0.6 is 11.6 Å². The van der Waals surface area contributed by atoms with E-state index in [1.165, 1.54) is 6.07 Å². The number of amidine groups is 1. The monoisotopic (exact) mass is 491 g/mol. The van der Waals surface area contributed by atoms with Crippen molar-refractivity contribution in [3.63, 3.8) is 0 Å². The first-order chi connectivity index (χ1) is 16.9. The van der Waals surface area contributed by atoms with Crippen LogP contribution in [0.1, 0.15) is 23.6 Å². The molecule has 0 bridgehead atoms. The van der Waals surface area contributed by atoms with E-state index < -0.39 is 11.8 Å². The molecule has 0 fully saturated rings. The Bertz CT molecular complexity index is 1390. The van der Waals surface area contributed by atoms with Crippen LogP contribution in [0, 0.1) is 12.7 Å². The Morgan fingerprint density at radius 1 is 1.20 bits per heavy atom. The lowest BCUT2D eigenvalue weighted by atomic mass is 9.94. The third-order valence-electron chi connectivity index (χ3n) is 5.74. The molecule has 178 valence electrons.